The predicted molar refractivity (Wildman–Crippen MR) is 125 cm³/mol. The van der Waals surface area contributed by atoms with Crippen molar-refractivity contribution < 1.29 is 28.4 Å². The van der Waals surface area contributed by atoms with Gasteiger partial charge in [0, 0.05) is 35.1 Å². The van der Waals surface area contributed by atoms with Crippen LogP contribution >= 0.6 is 11.6 Å². The Labute approximate surface area is 205 Å². The number of carbonyl (C=O) groups excluding carboxylic acids is 3. The molecule has 2 aromatic carbocycles. The van der Waals surface area contributed by atoms with Gasteiger partial charge in [0.05, 0.1) is 22.6 Å². The van der Waals surface area contributed by atoms with E-state index in [1.54, 1.807) is 13.0 Å². The highest BCUT2D eigenvalue weighted by atomic mass is 35.5. The molecule has 0 bridgehead atoms. The van der Waals surface area contributed by atoms with Crippen LogP contribution in [0.25, 0.3) is 0 Å². The molecule has 182 valence electrons. The molecular formula is C25H22ClFN2O6. The largest absolute Gasteiger partial charge is 0.463 e. The first kappa shape index (κ1) is 24.5. The van der Waals surface area contributed by atoms with E-state index in [2.05, 4.69) is 0 Å². The van der Waals surface area contributed by atoms with Crippen molar-refractivity contribution in [2.45, 2.75) is 38.5 Å². The van der Waals surface area contributed by atoms with Gasteiger partial charge in [0.15, 0.2) is 0 Å². The number of esters is 1. The second kappa shape index (κ2) is 9.58. The molecule has 1 saturated heterocycles. The Kier molecular flexibility index (Phi) is 6.71. The normalized spacial score (nSPS) is 22.2. The van der Waals surface area contributed by atoms with Crippen LogP contribution < -0.4 is 4.90 Å². The number of non-ortho nitro benzene ring substituents is 1. The third-order valence-corrected chi connectivity index (χ3v) is 6.91. The number of ether oxygens (including phenoxy) is 1. The van der Waals surface area contributed by atoms with Gasteiger partial charge in [-0.2, -0.15) is 0 Å². The molecule has 2 aromatic rings. The van der Waals surface area contributed by atoms with Crippen molar-refractivity contribution in [3.05, 3.63) is 80.6 Å². The van der Waals surface area contributed by atoms with E-state index in [-0.39, 0.29) is 42.8 Å². The molecule has 1 spiro atoms. The smallest absolute Gasteiger partial charge is 0.334 e. The number of nitro groups is 1. The minimum atomic E-state index is -1.32. The Morgan fingerprint density at radius 3 is 2.60 bits per heavy atom. The molecule has 0 aromatic heterocycles. The SMILES string of the molecule is CCOC(=O)C1=CC(c2cc([N+](=O)[O-])ccc2Cl)CCC12CCC(=O)N(c1ccc(F)cc1)C2=O. The Bertz CT molecular complexity index is 1250. The van der Waals surface area contributed by atoms with Crippen LogP contribution in [0.15, 0.2) is 54.1 Å². The molecule has 1 fully saturated rings. The molecule has 0 radical (unpaired) electrons. The fourth-order valence-corrected chi connectivity index (χ4v) is 5.08. The van der Waals surface area contributed by atoms with Crippen molar-refractivity contribution in [1.82, 2.24) is 0 Å². The number of carbonyl (C=O) groups is 3. The summed E-state index contributed by atoms with van der Waals surface area (Å²) in [6.07, 6.45) is 2.26. The summed E-state index contributed by atoms with van der Waals surface area (Å²) in [6, 6.07) is 9.07. The number of anilines is 1. The number of amides is 2. The quantitative estimate of drug-likeness (QED) is 0.245. The zero-order chi connectivity index (χ0) is 25.3. The van der Waals surface area contributed by atoms with Crippen LogP contribution in [0.1, 0.15) is 44.1 Å². The molecule has 0 saturated carbocycles. The van der Waals surface area contributed by atoms with Gasteiger partial charge in [0.1, 0.15) is 5.82 Å². The topological polar surface area (TPSA) is 107 Å². The summed E-state index contributed by atoms with van der Waals surface area (Å²) < 4.78 is 18.7. The fraction of sp³-hybridized carbons (Fsp3) is 0.320. The van der Waals surface area contributed by atoms with Gasteiger partial charge >= 0.3 is 5.97 Å². The van der Waals surface area contributed by atoms with Crippen molar-refractivity contribution in [2.75, 3.05) is 11.5 Å². The van der Waals surface area contributed by atoms with Gasteiger partial charge in [-0.3, -0.25) is 19.7 Å². The average molecular weight is 501 g/mol. The summed E-state index contributed by atoms with van der Waals surface area (Å²) in [4.78, 5) is 51.4. The van der Waals surface area contributed by atoms with E-state index in [0.717, 1.165) is 17.0 Å². The number of imide groups is 1. The van der Waals surface area contributed by atoms with Crippen LogP contribution in [0.2, 0.25) is 5.02 Å². The van der Waals surface area contributed by atoms with E-state index in [1.165, 1.54) is 30.3 Å². The van der Waals surface area contributed by atoms with E-state index in [4.69, 9.17) is 16.3 Å². The minimum absolute atomic E-state index is 0.00208. The first-order chi connectivity index (χ1) is 16.7. The molecule has 8 nitrogen and oxygen atoms in total. The van der Waals surface area contributed by atoms with Crippen molar-refractivity contribution in [3.8, 4) is 0 Å². The van der Waals surface area contributed by atoms with E-state index < -0.39 is 39.9 Å². The Morgan fingerprint density at radius 1 is 1.23 bits per heavy atom. The molecule has 1 aliphatic carbocycles. The van der Waals surface area contributed by atoms with Crippen molar-refractivity contribution in [3.63, 3.8) is 0 Å². The molecular weight excluding hydrogens is 479 g/mol. The summed E-state index contributed by atoms with van der Waals surface area (Å²) in [6.45, 7) is 1.71. The van der Waals surface area contributed by atoms with Gasteiger partial charge < -0.3 is 4.74 Å². The van der Waals surface area contributed by atoms with Crippen molar-refractivity contribution in [2.24, 2.45) is 5.41 Å². The van der Waals surface area contributed by atoms with Gasteiger partial charge in [0.2, 0.25) is 11.8 Å². The number of hydrogen-bond acceptors (Lipinski definition) is 6. The Morgan fingerprint density at radius 2 is 1.94 bits per heavy atom. The fourth-order valence-electron chi connectivity index (χ4n) is 4.83. The van der Waals surface area contributed by atoms with Crippen LogP contribution in [0.4, 0.5) is 15.8 Å². The summed E-state index contributed by atoms with van der Waals surface area (Å²) in [5.41, 5.74) is -0.682. The van der Waals surface area contributed by atoms with E-state index >= 15 is 0 Å². The first-order valence-electron chi connectivity index (χ1n) is 11.1. The maximum Gasteiger partial charge on any atom is 0.334 e. The number of benzene rings is 2. The molecule has 10 heteroatoms. The molecule has 4 rings (SSSR count). The number of rotatable bonds is 5. The molecule has 2 amide bonds. The van der Waals surface area contributed by atoms with Crippen LogP contribution in [0.5, 0.6) is 0 Å². The number of nitro benzene ring substituents is 1. The third-order valence-electron chi connectivity index (χ3n) is 6.56. The van der Waals surface area contributed by atoms with Gasteiger partial charge in [-0.15, -0.1) is 0 Å². The van der Waals surface area contributed by atoms with Gasteiger partial charge in [-0.1, -0.05) is 17.7 Å². The van der Waals surface area contributed by atoms with Crippen molar-refractivity contribution >= 4 is 40.8 Å². The highest BCUT2D eigenvalue weighted by Crippen LogP contribution is 2.51. The maximum absolute atomic E-state index is 13.8. The van der Waals surface area contributed by atoms with Crippen LogP contribution in [-0.2, 0) is 19.1 Å². The minimum Gasteiger partial charge on any atom is -0.463 e. The first-order valence-corrected chi connectivity index (χ1v) is 11.5. The van der Waals surface area contributed by atoms with Crippen LogP contribution in [0, 0.1) is 21.3 Å². The number of allylic oxidation sites excluding steroid dienone is 1. The zero-order valence-corrected chi connectivity index (χ0v) is 19.6. The lowest BCUT2D eigenvalue weighted by molar-refractivity contribution is -0.384. The van der Waals surface area contributed by atoms with Gasteiger partial charge in [-0.05, 0) is 62.1 Å². The summed E-state index contributed by atoms with van der Waals surface area (Å²) in [5, 5.41) is 11.6. The summed E-state index contributed by atoms with van der Waals surface area (Å²) in [5.74, 6) is -2.71. The van der Waals surface area contributed by atoms with E-state index in [0.29, 0.717) is 17.0 Å². The Balaban J connectivity index is 1.80. The van der Waals surface area contributed by atoms with Crippen LogP contribution in [-0.4, -0.2) is 29.3 Å². The monoisotopic (exact) mass is 500 g/mol. The standard InChI is InChI=1S/C25H22ClFN2O6/c1-2-35-23(31)20-13-15(19-14-18(29(33)34)7-8-21(19)26)9-11-25(20)12-10-22(30)28(24(25)32)17-5-3-16(27)4-6-17/h3-8,13-15H,2,9-12H2,1H3. The molecule has 2 atom stereocenters. The van der Waals surface area contributed by atoms with E-state index in [9.17, 15) is 28.9 Å². The van der Waals surface area contributed by atoms with E-state index in [1.807, 2.05) is 0 Å². The third kappa shape index (κ3) is 4.43. The second-order valence-corrected chi connectivity index (χ2v) is 8.91. The predicted octanol–water partition coefficient (Wildman–Crippen LogP) is 5.09. The molecule has 2 aliphatic rings. The highest BCUT2D eigenvalue weighted by molar-refractivity contribution is 6.31. The molecule has 1 aliphatic heterocycles. The number of piperidine rings is 1. The van der Waals surface area contributed by atoms with Crippen molar-refractivity contribution in [1.29, 1.82) is 0 Å². The van der Waals surface area contributed by atoms with Gasteiger partial charge in [0.25, 0.3) is 5.69 Å². The summed E-state index contributed by atoms with van der Waals surface area (Å²) >= 11 is 6.35. The number of halogens is 2. The maximum atomic E-state index is 13.8. The molecule has 0 N–H and O–H groups in total. The molecule has 1 heterocycles. The summed E-state index contributed by atoms with van der Waals surface area (Å²) in [7, 11) is 0. The van der Waals surface area contributed by atoms with Gasteiger partial charge in [-0.25, -0.2) is 14.1 Å². The lowest BCUT2D eigenvalue weighted by Crippen LogP contribution is -2.54. The molecule has 35 heavy (non-hydrogen) atoms. The van der Waals surface area contributed by atoms with Crippen LogP contribution in [0.3, 0.4) is 0 Å². The lowest BCUT2D eigenvalue weighted by atomic mass is 9.64. The number of nitrogens with zero attached hydrogens (tertiary/aromatic N) is 2. The second-order valence-electron chi connectivity index (χ2n) is 8.50. The average Bonchev–Trinajstić information content (AvgIpc) is 2.83. The molecule has 2 unspecified atom stereocenters. The lowest BCUT2D eigenvalue weighted by Gasteiger charge is -2.44. The highest BCUT2D eigenvalue weighted by Gasteiger charge is 2.54. The Hall–Kier alpha value is -3.59. The number of hydrogen-bond donors (Lipinski definition) is 0. The zero-order valence-electron chi connectivity index (χ0n) is 18.8.